The van der Waals surface area contributed by atoms with Crippen molar-refractivity contribution in [2.75, 3.05) is 4.90 Å². The number of aliphatic hydroxyl groups is 1. The van der Waals surface area contributed by atoms with E-state index >= 15 is 0 Å². The first-order chi connectivity index (χ1) is 14.5. The van der Waals surface area contributed by atoms with Crippen LogP contribution in [0.1, 0.15) is 16.7 Å². The van der Waals surface area contributed by atoms with Crippen LogP contribution < -0.4 is 4.90 Å². The fourth-order valence-electron chi connectivity index (χ4n) is 4.18. The van der Waals surface area contributed by atoms with E-state index in [1.807, 2.05) is 42.5 Å². The Morgan fingerprint density at radius 2 is 1.60 bits per heavy atom. The lowest BCUT2D eigenvalue weighted by Gasteiger charge is -2.25. The Hall–Kier alpha value is -3.70. The molecule has 1 atom stereocenters. The van der Waals surface area contributed by atoms with Crippen LogP contribution >= 0.6 is 0 Å². The van der Waals surface area contributed by atoms with E-state index in [0.29, 0.717) is 11.1 Å². The van der Waals surface area contributed by atoms with Gasteiger partial charge in [0.2, 0.25) is 5.60 Å². The number of fused-ring (bicyclic) bond motifs is 2. The van der Waals surface area contributed by atoms with Gasteiger partial charge in [-0.05, 0) is 29.1 Å². The number of halogens is 1. The number of phenols is 1. The van der Waals surface area contributed by atoms with Crippen LogP contribution in [0.2, 0.25) is 0 Å². The normalized spacial score (nSPS) is 18.1. The third-order valence-electron chi connectivity index (χ3n) is 5.67. The molecule has 5 heteroatoms. The van der Waals surface area contributed by atoms with Gasteiger partial charge < -0.3 is 15.1 Å². The predicted octanol–water partition coefficient (Wildman–Crippen LogP) is 4.47. The predicted molar refractivity (Wildman–Crippen MR) is 113 cm³/mol. The van der Waals surface area contributed by atoms with E-state index in [9.17, 15) is 19.4 Å². The molecule has 0 aromatic heterocycles. The van der Waals surface area contributed by atoms with Crippen LogP contribution in [0.4, 0.5) is 10.1 Å². The van der Waals surface area contributed by atoms with E-state index in [-0.39, 0.29) is 23.4 Å². The van der Waals surface area contributed by atoms with Crippen molar-refractivity contribution in [1.82, 2.24) is 0 Å². The fourth-order valence-corrected chi connectivity index (χ4v) is 4.18. The average molecular weight is 399 g/mol. The maximum Gasteiger partial charge on any atom is 0.268 e. The van der Waals surface area contributed by atoms with Gasteiger partial charge in [0, 0.05) is 16.5 Å². The lowest BCUT2D eigenvalue weighted by Crippen LogP contribution is -2.41. The molecule has 1 heterocycles. The maximum absolute atomic E-state index is 14.2. The second kappa shape index (κ2) is 6.68. The molecule has 0 saturated heterocycles. The second-order valence-electron chi connectivity index (χ2n) is 7.43. The summed E-state index contributed by atoms with van der Waals surface area (Å²) >= 11 is 0. The molecule has 4 aromatic carbocycles. The average Bonchev–Trinajstić information content (AvgIpc) is 2.97. The molecular formula is C25H18FNO3. The Morgan fingerprint density at radius 1 is 0.867 bits per heavy atom. The number of phenolic OH excluding ortho intramolecular Hbond substituents is 1. The zero-order chi connectivity index (χ0) is 20.9. The van der Waals surface area contributed by atoms with Crippen molar-refractivity contribution >= 4 is 22.4 Å². The van der Waals surface area contributed by atoms with Crippen LogP contribution in [-0.4, -0.2) is 16.1 Å². The van der Waals surface area contributed by atoms with E-state index in [2.05, 4.69) is 0 Å². The SMILES string of the molecule is O=C1N(Cc2ccccc2)c2ccc(F)cc2C1(O)c1ccc2ccccc2c1O. The summed E-state index contributed by atoms with van der Waals surface area (Å²) in [5.74, 6) is -1.39. The molecule has 148 valence electrons. The molecular weight excluding hydrogens is 381 g/mol. The van der Waals surface area contributed by atoms with Crippen molar-refractivity contribution in [2.24, 2.45) is 0 Å². The number of hydrogen-bond donors (Lipinski definition) is 2. The van der Waals surface area contributed by atoms with Crippen molar-refractivity contribution in [3.05, 3.63) is 107 Å². The molecule has 4 nitrogen and oxygen atoms in total. The lowest BCUT2D eigenvalue weighted by molar-refractivity contribution is -0.132. The smallest absolute Gasteiger partial charge is 0.268 e. The van der Waals surface area contributed by atoms with Crippen LogP contribution in [0.5, 0.6) is 5.75 Å². The Labute approximate surface area is 172 Å². The fraction of sp³-hybridized carbons (Fsp3) is 0.0800. The van der Waals surface area contributed by atoms with E-state index in [4.69, 9.17) is 0 Å². The molecule has 1 unspecified atom stereocenters. The maximum atomic E-state index is 14.2. The Kier molecular flexibility index (Phi) is 4.08. The van der Waals surface area contributed by atoms with E-state index < -0.39 is 17.3 Å². The number of nitrogens with zero attached hydrogens (tertiary/aromatic N) is 1. The van der Waals surface area contributed by atoms with Gasteiger partial charge >= 0.3 is 0 Å². The lowest BCUT2D eigenvalue weighted by atomic mass is 9.85. The van der Waals surface area contributed by atoms with Crippen LogP contribution in [-0.2, 0) is 16.9 Å². The van der Waals surface area contributed by atoms with Gasteiger partial charge in [0.25, 0.3) is 5.91 Å². The molecule has 1 aliphatic rings. The minimum Gasteiger partial charge on any atom is -0.507 e. The van der Waals surface area contributed by atoms with Gasteiger partial charge in [-0.1, -0.05) is 66.7 Å². The van der Waals surface area contributed by atoms with Gasteiger partial charge in [-0.15, -0.1) is 0 Å². The minimum atomic E-state index is -2.19. The highest BCUT2D eigenvalue weighted by Crippen LogP contribution is 2.48. The molecule has 4 aromatic rings. The number of benzene rings is 4. The number of amides is 1. The van der Waals surface area contributed by atoms with E-state index in [0.717, 1.165) is 17.0 Å². The molecule has 2 N–H and O–H groups in total. The summed E-state index contributed by atoms with van der Waals surface area (Å²) in [5, 5.41) is 23.9. The first kappa shape index (κ1) is 18.3. The van der Waals surface area contributed by atoms with Crippen molar-refractivity contribution in [1.29, 1.82) is 0 Å². The van der Waals surface area contributed by atoms with Crippen molar-refractivity contribution < 1.29 is 19.4 Å². The van der Waals surface area contributed by atoms with Gasteiger partial charge in [0.15, 0.2) is 0 Å². The number of carbonyl (C=O) groups is 1. The monoisotopic (exact) mass is 399 g/mol. The number of carbonyl (C=O) groups excluding carboxylic acids is 1. The number of rotatable bonds is 3. The minimum absolute atomic E-state index is 0.0358. The van der Waals surface area contributed by atoms with E-state index in [1.165, 1.54) is 23.1 Å². The largest absolute Gasteiger partial charge is 0.507 e. The summed E-state index contributed by atoms with van der Waals surface area (Å²) in [4.78, 5) is 15.0. The first-order valence-electron chi connectivity index (χ1n) is 9.59. The highest BCUT2D eigenvalue weighted by atomic mass is 19.1. The third kappa shape index (κ3) is 2.60. The molecule has 0 bridgehead atoms. The van der Waals surface area contributed by atoms with Crippen LogP contribution in [0, 0.1) is 5.82 Å². The van der Waals surface area contributed by atoms with Gasteiger partial charge in [-0.3, -0.25) is 4.79 Å². The number of hydrogen-bond acceptors (Lipinski definition) is 3. The van der Waals surface area contributed by atoms with Crippen molar-refractivity contribution in [2.45, 2.75) is 12.1 Å². The first-order valence-corrected chi connectivity index (χ1v) is 9.59. The van der Waals surface area contributed by atoms with Crippen molar-refractivity contribution in [3.8, 4) is 5.75 Å². The summed E-state index contributed by atoms with van der Waals surface area (Å²) in [6.07, 6.45) is 0. The highest BCUT2D eigenvalue weighted by molar-refractivity contribution is 6.10. The molecule has 5 rings (SSSR count). The molecule has 0 spiro atoms. The molecule has 0 fully saturated rings. The van der Waals surface area contributed by atoms with Crippen molar-refractivity contribution in [3.63, 3.8) is 0 Å². The molecule has 30 heavy (non-hydrogen) atoms. The molecule has 0 saturated carbocycles. The van der Waals surface area contributed by atoms with Gasteiger partial charge in [0.1, 0.15) is 11.6 Å². The molecule has 0 aliphatic carbocycles. The number of anilines is 1. The van der Waals surface area contributed by atoms with Gasteiger partial charge in [0.05, 0.1) is 12.2 Å². The standard InChI is InChI=1S/C25H18FNO3/c26-18-11-13-22-21(14-18)25(30,24(29)27(22)15-16-6-2-1-3-7-16)20-12-10-17-8-4-5-9-19(17)23(20)28/h1-14,28,30H,15H2. The summed E-state index contributed by atoms with van der Waals surface area (Å²) in [5.41, 5.74) is -0.753. The van der Waals surface area contributed by atoms with Gasteiger partial charge in [-0.25, -0.2) is 4.39 Å². The topological polar surface area (TPSA) is 60.8 Å². The second-order valence-corrected chi connectivity index (χ2v) is 7.43. The zero-order valence-corrected chi connectivity index (χ0v) is 15.9. The van der Waals surface area contributed by atoms with Gasteiger partial charge in [-0.2, -0.15) is 0 Å². The molecule has 1 aliphatic heterocycles. The van der Waals surface area contributed by atoms with E-state index in [1.54, 1.807) is 18.2 Å². The Bertz CT molecular complexity index is 1290. The number of aromatic hydroxyl groups is 1. The third-order valence-corrected chi connectivity index (χ3v) is 5.67. The highest BCUT2D eigenvalue weighted by Gasteiger charge is 2.52. The van der Waals surface area contributed by atoms with Crippen LogP contribution in [0.15, 0.2) is 84.9 Å². The zero-order valence-electron chi connectivity index (χ0n) is 15.9. The molecule has 0 radical (unpaired) electrons. The summed E-state index contributed by atoms with van der Waals surface area (Å²) in [6.45, 7) is 0.217. The van der Waals surface area contributed by atoms with Crippen LogP contribution in [0.25, 0.3) is 10.8 Å². The molecule has 1 amide bonds. The Morgan fingerprint density at radius 3 is 2.40 bits per heavy atom. The van der Waals surface area contributed by atoms with Crippen LogP contribution in [0.3, 0.4) is 0 Å². The summed E-state index contributed by atoms with van der Waals surface area (Å²) in [7, 11) is 0. The quantitative estimate of drug-likeness (QED) is 0.535. The summed E-state index contributed by atoms with van der Waals surface area (Å²) < 4.78 is 14.2. The summed E-state index contributed by atoms with van der Waals surface area (Å²) in [6, 6.07) is 23.7. The Balaban J connectivity index is 1.71.